The molecule has 0 aliphatic heterocycles. The molecule has 0 radical (unpaired) electrons. The lowest BCUT2D eigenvalue weighted by Gasteiger charge is -2.05. The summed E-state index contributed by atoms with van der Waals surface area (Å²) in [4.78, 5) is 19.6. The van der Waals surface area contributed by atoms with E-state index in [2.05, 4.69) is 0 Å². The fraction of sp³-hybridized carbons (Fsp3) is 0.125. The Morgan fingerprint density at radius 2 is 2.11 bits per heavy atom. The average molecular weight is 275 g/mol. The number of nitrogens with one attached hydrogen (secondary N) is 1. The molecule has 0 aliphatic rings. The zero-order valence-electron chi connectivity index (χ0n) is 8.86. The number of hydrogen-bond donors (Lipinski definition) is 3. The van der Waals surface area contributed by atoms with E-state index in [1.165, 1.54) is 0 Å². The lowest BCUT2D eigenvalue weighted by atomic mass is 10.3. The molecule has 0 aromatic heterocycles. The standard InChI is InChI=1S/C8H9N3O6S/c9-6-2-1-5(3-7(6)11(14)15)18(16,17)10-4-8(12)13/h1-3,10H,4,9H2,(H,12,13). The normalized spacial score (nSPS) is 11.1. The smallest absolute Gasteiger partial charge is 0.318 e. The number of nitrogen functional groups attached to an aromatic ring is 1. The van der Waals surface area contributed by atoms with E-state index in [1.54, 1.807) is 4.72 Å². The number of nitrogens with zero attached hydrogens (tertiary/aromatic N) is 1. The molecule has 0 unspecified atom stereocenters. The van der Waals surface area contributed by atoms with Crippen LogP contribution in [0, 0.1) is 10.1 Å². The summed E-state index contributed by atoms with van der Waals surface area (Å²) in [6, 6.07) is 2.87. The molecule has 98 valence electrons. The van der Waals surface area contributed by atoms with Gasteiger partial charge >= 0.3 is 5.97 Å². The van der Waals surface area contributed by atoms with Crippen molar-refractivity contribution in [2.75, 3.05) is 12.3 Å². The molecule has 0 fully saturated rings. The van der Waals surface area contributed by atoms with Crippen LogP contribution in [0.3, 0.4) is 0 Å². The van der Waals surface area contributed by atoms with Crippen LogP contribution in [0.5, 0.6) is 0 Å². The van der Waals surface area contributed by atoms with Gasteiger partial charge in [0, 0.05) is 6.07 Å². The Bertz CT molecular complexity index is 597. The summed E-state index contributed by atoms with van der Waals surface area (Å²) in [6.07, 6.45) is 0. The fourth-order valence-corrected chi connectivity index (χ4v) is 2.08. The zero-order chi connectivity index (χ0) is 13.9. The highest BCUT2D eigenvalue weighted by atomic mass is 32.2. The van der Waals surface area contributed by atoms with Crippen molar-refractivity contribution < 1.29 is 23.2 Å². The third kappa shape index (κ3) is 3.15. The Morgan fingerprint density at radius 3 is 2.61 bits per heavy atom. The number of hydrogen-bond acceptors (Lipinski definition) is 6. The van der Waals surface area contributed by atoms with Crippen LogP contribution in [-0.2, 0) is 14.8 Å². The van der Waals surface area contributed by atoms with Crippen LogP contribution >= 0.6 is 0 Å². The van der Waals surface area contributed by atoms with Gasteiger partial charge in [-0.3, -0.25) is 14.9 Å². The first-order valence-corrected chi connectivity index (χ1v) is 5.98. The molecule has 0 aliphatic carbocycles. The Hall–Kier alpha value is -2.20. The molecule has 18 heavy (non-hydrogen) atoms. The van der Waals surface area contributed by atoms with Gasteiger partial charge in [-0.05, 0) is 12.1 Å². The van der Waals surface area contributed by atoms with E-state index in [1.807, 2.05) is 0 Å². The van der Waals surface area contributed by atoms with Crippen LogP contribution in [-0.4, -0.2) is 31.0 Å². The minimum absolute atomic E-state index is 0.183. The predicted molar refractivity (Wildman–Crippen MR) is 60.3 cm³/mol. The number of rotatable bonds is 5. The average Bonchev–Trinajstić information content (AvgIpc) is 2.26. The molecule has 9 nitrogen and oxygen atoms in total. The zero-order valence-corrected chi connectivity index (χ0v) is 9.68. The molecule has 0 saturated carbocycles. The van der Waals surface area contributed by atoms with Gasteiger partial charge in [-0.25, -0.2) is 8.42 Å². The minimum Gasteiger partial charge on any atom is -0.480 e. The van der Waals surface area contributed by atoms with Crippen LogP contribution in [0.1, 0.15) is 0 Å². The molecule has 10 heteroatoms. The van der Waals surface area contributed by atoms with Gasteiger partial charge in [0.2, 0.25) is 10.0 Å². The molecule has 0 spiro atoms. The minimum atomic E-state index is -4.12. The quantitative estimate of drug-likeness (QED) is 0.373. The Morgan fingerprint density at radius 1 is 1.50 bits per heavy atom. The van der Waals surface area contributed by atoms with Crippen molar-refractivity contribution in [1.29, 1.82) is 0 Å². The van der Waals surface area contributed by atoms with Crippen molar-refractivity contribution >= 4 is 27.4 Å². The molecule has 1 aromatic rings. The van der Waals surface area contributed by atoms with Crippen molar-refractivity contribution in [3.63, 3.8) is 0 Å². The summed E-state index contributed by atoms with van der Waals surface area (Å²) in [5.74, 6) is -1.37. The summed E-state index contributed by atoms with van der Waals surface area (Å²) in [5, 5.41) is 18.9. The molecule has 1 aromatic carbocycles. The monoisotopic (exact) mass is 275 g/mol. The largest absolute Gasteiger partial charge is 0.480 e. The van der Waals surface area contributed by atoms with Crippen molar-refractivity contribution in [2.24, 2.45) is 0 Å². The van der Waals surface area contributed by atoms with E-state index in [9.17, 15) is 23.3 Å². The number of nitrogens with two attached hydrogens (primary N) is 1. The highest BCUT2D eigenvalue weighted by molar-refractivity contribution is 7.89. The van der Waals surface area contributed by atoms with E-state index in [0.717, 1.165) is 18.2 Å². The van der Waals surface area contributed by atoms with Crippen LogP contribution in [0.2, 0.25) is 0 Å². The van der Waals surface area contributed by atoms with Gasteiger partial charge in [0.05, 0.1) is 9.82 Å². The van der Waals surface area contributed by atoms with Gasteiger partial charge < -0.3 is 10.8 Å². The van der Waals surface area contributed by atoms with Crippen molar-refractivity contribution in [2.45, 2.75) is 4.90 Å². The van der Waals surface area contributed by atoms with Crippen LogP contribution in [0.4, 0.5) is 11.4 Å². The third-order valence-corrected chi connectivity index (χ3v) is 3.32. The SMILES string of the molecule is Nc1ccc(S(=O)(=O)NCC(=O)O)cc1[N+](=O)[O-]. The number of carboxylic acids is 1. The van der Waals surface area contributed by atoms with E-state index >= 15 is 0 Å². The summed E-state index contributed by atoms with van der Waals surface area (Å²) in [6.45, 7) is -0.819. The van der Waals surface area contributed by atoms with Gasteiger partial charge in [-0.2, -0.15) is 4.72 Å². The van der Waals surface area contributed by atoms with Crippen LogP contribution < -0.4 is 10.5 Å². The van der Waals surface area contributed by atoms with Crippen molar-refractivity contribution in [1.82, 2.24) is 4.72 Å². The maximum Gasteiger partial charge on any atom is 0.318 e. The van der Waals surface area contributed by atoms with Gasteiger partial charge in [-0.15, -0.1) is 0 Å². The molecular formula is C8H9N3O6S. The summed E-state index contributed by atoms with van der Waals surface area (Å²) in [7, 11) is -4.12. The first-order valence-electron chi connectivity index (χ1n) is 4.49. The second kappa shape index (κ2) is 4.98. The van der Waals surface area contributed by atoms with Gasteiger partial charge in [-0.1, -0.05) is 0 Å². The number of nitro groups is 1. The number of sulfonamides is 1. The second-order valence-corrected chi connectivity index (χ2v) is 4.96. The Balaban J connectivity index is 3.14. The summed E-state index contributed by atoms with van der Waals surface area (Å²) < 4.78 is 24.9. The molecule has 0 heterocycles. The van der Waals surface area contributed by atoms with Crippen molar-refractivity contribution in [3.8, 4) is 0 Å². The second-order valence-electron chi connectivity index (χ2n) is 3.20. The molecule has 4 N–H and O–H groups in total. The highest BCUT2D eigenvalue weighted by Crippen LogP contribution is 2.24. The Labute approximate surface area is 101 Å². The van der Waals surface area contributed by atoms with Gasteiger partial charge in [0.25, 0.3) is 5.69 Å². The predicted octanol–water partition coefficient (Wildman–Crippen LogP) is -0.460. The lowest BCUT2D eigenvalue weighted by molar-refractivity contribution is -0.384. The van der Waals surface area contributed by atoms with E-state index in [-0.39, 0.29) is 5.69 Å². The molecule has 0 saturated heterocycles. The maximum absolute atomic E-state index is 11.6. The summed E-state index contributed by atoms with van der Waals surface area (Å²) in [5.41, 5.74) is 4.56. The fourth-order valence-electron chi connectivity index (χ4n) is 1.09. The molecule has 1 rings (SSSR count). The topological polar surface area (TPSA) is 153 Å². The van der Waals surface area contributed by atoms with Crippen LogP contribution in [0.15, 0.2) is 23.1 Å². The third-order valence-electron chi connectivity index (χ3n) is 1.92. The first-order chi connectivity index (χ1) is 8.24. The highest BCUT2D eigenvalue weighted by Gasteiger charge is 2.20. The summed E-state index contributed by atoms with van der Waals surface area (Å²) >= 11 is 0. The number of aliphatic carboxylic acids is 1. The van der Waals surface area contributed by atoms with E-state index in [0.29, 0.717) is 0 Å². The molecule has 0 amide bonds. The molecule has 0 atom stereocenters. The van der Waals surface area contributed by atoms with Crippen molar-refractivity contribution in [3.05, 3.63) is 28.3 Å². The van der Waals surface area contributed by atoms with Gasteiger partial charge in [0.15, 0.2) is 0 Å². The van der Waals surface area contributed by atoms with E-state index < -0.39 is 38.0 Å². The van der Waals surface area contributed by atoms with Gasteiger partial charge in [0.1, 0.15) is 12.2 Å². The molecule has 0 bridgehead atoms. The number of benzene rings is 1. The first kappa shape index (κ1) is 13.9. The van der Waals surface area contributed by atoms with E-state index in [4.69, 9.17) is 10.8 Å². The van der Waals surface area contributed by atoms with Crippen LogP contribution in [0.25, 0.3) is 0 Å². The number of carboxylic acid groups (broad SMARTS) is 1. The number of carbonyl (C=O) groups is 1. The number of nitro benzene ring substituents is 1. The lowest BCUT2D eigenvalue weighted by Crippen LogP contribution is -2.29. The maximum atomic E-state index is 11.6. The Kier molecular flexibility index (Phi) is 3.83. The number of anilines is 1. The molecular weight excluding hydrogens is 266 g/mol.